The van der Waals surface area contributed by atoms with Crippen LogP contribution in [0.1, 0.15) is 18.3 Å². The predicted octanol–water partition coefficient (Wildman–Crippen LogP) is 3.02. The second kappa shape index (κ2) is 4.95. The molecular weight excluding hydrogens is 212 g/mol. The van der Waals surface area contributed by atoms with Crippen molar-refractivity contribution in [1.82, 2.24) is 9.97 Å². The van der Waals surface area contributed by atoms with E-state index in [2.05, 4.69) is 29.0 Å². The van der Waals surface area contributed by atoms with Gasteiger partial charge in [-0.3, -0.25) is 0 Å². The zero-order chi connectivity index (χ0) is 12.3. The van der Waals surface area contributed by atoms with Crippen LogP contribution in [0.15, 0.2) is 30.5 Å². The summed E-state index contributed by atoms with van der Waals surface area (Å²) in [5.74, 6) is 1.62. The van der Waals surface area contributed by atoms with Crippen LogP contribution in [0.25, 0.3) is 11.3 Å². The summed E-state index contributed by atoms with van der Waals surface area (Å²) >= 11 is 0. The van der Waals surface area contributed by atoms with E-state index in [9.17, 15) is 0 Å². The lowest BCUT2D eigenvalue weighted by molar-refractivity contribution is 0.416. The highest BCUT2D eigenvalue weighted by Crippen LogP contribution is 2.29. The average molecular weight is 228 g/mol. The molecule has 88 valence electrons. The molecule has 0 radical (unpaired) electrons. The van der Waals surface area contributed by atoms with Crippen LogP contribution >= 0.6 is 0 Å². The van der Waals surface area contributed by atoms with E-state index in [1.54, 1.807) is 13.3 Å². The van der Waals surface area contributed by atoms with Gasteiger partial charge >= 0.3 is 0 Å². The van der Waals surface area contributed by atoms with Gasteiger partial charge in [-0.1, -0.05) is 13.0 Å². The molecule has 0 saturated carbocycles. The van der Waals surface area contributed by atoms with Crippen molar-refractivity contribution < 1.29 is 4.74 Å². The number of rotatable bonds is 3. The van der Waals surface area contributed by atoms with Crippen molar-refractivity contribution in [2.75, 3.05) is 7.11 Å². The molecule has 0 unspecified atom stereocenters. The molecule has 3 nitrogen and oxygen atoms in total. The first-order valence-electron chi connectivity index (χ1n) is 5.71. The van der Waals surface area contributed by atoms with E-state index >= 15 is 0 Å². The normalized spacial score (nSPS) is 10.3. The Balaban J connectivity index is 2.56. The molecule has 0 aliphatic carbocycles. The van der Waals surface area contributed by atoms with Gasteiger partial charge in [-0.05, 0) is 37.1 Å². The van der Waals surface area contributed by atoms with Crippen molar-refractivity contribution in [2.24, 2.45) is 0 Å². The summed E-state index contributed by atoms with van der Waals surface area (Å²) in [5, 5.41) is 0. The Labute approximate surface area is 102 Å². The molecule has 1 heterocycles. The fraction of sp³-hybridized carbons (Fsp3) is 0.286. The maximum atomic E-state index is 5.38. The fourth-order valence-electron chi connectivity index (χ4n) is 1.78. The van der Waals surface area contributed by atoms with Gasteiger partial charge < -0.3 is 4.74 Å². The minimum atomic E-state index is 0.770. The molecule has 0 spiro atoms. The van der Waals surface area contributed by atoms with Gasteiger partial charge in [0.2, 0.25) is 0 Å². The zero-order valence-corrected chi connectivity index (χ0v) is 10.4. The SMILES string of the molecule is CCc1ccc(OC)c(-c2ccnc(C)n2)c1. The van der Waals surface area contributed by atoms with Crippen molar-refractivity contribution in [3.05, 3.63) is 41.9 Å². The van der Waals surface area contributed by atoms with E-state index in [0.29, 0.717) is 0 Å². The monoisotopic (exact) mass is 228 g/mol. The third-order valence-electron chi connectivity index (χ3n) is 2.72. The molecule has 1 aromatic carbocycles. The smallest absolute Gasteiger partial charge is 0.128 e. The molecule has 0 N–H and O–H groups in total. The van der Waals surface area contributed by atoms with Crippen molar-refractivity contribution >= 4 is 0 Å². The number of methoxy groups -OCH3 is 1. The highest BCUT2D eigenvalue weighted by Gasteiger charge is 2.08. The van der Waals surface area contributed by atoms with Crippen LogP contribution in [0, 0.1) is 6.92 Å². The summed E-state index contributed by atoms with van der Waals surface area (Å²) in [4.78, 5) is 8.55. The topological polar surface area (TPSA) is 35.0 Å². The lowest BCUT2D eigenvalue weighted by Gasteiger charge is -2.09. The van der Waals surface area contributed by atoms with Gasteiger partial charge in [0.25, 0.3) is 0 Å². The average Bonchev–Trinajstić information content (AvgIpc) is 2.38. The molecule has 0 atom stereocenters. The number of nitrogens with zero attached hydrogens (tertiary/aromatic N) is 2. The Morgan fingerprint density at radius 3 is 2.71 bits per heavy atom. The summed E-state index contributed by atoms with van der Waals surface area (Å²) in [7, 11) is 1.68. The number of hydrogen-bond donors (Lipinski definition) is 0. The highest BCUT2D eigenvalue weighted by atomic mass is 16.5. The van der Waals surface area contributed by atoms with Crippen LogP contribution in [-0.4, -0.2) is 17.1 Å². The van der Waals surface area contributed by atoms with Crippen molar-refractivity contribution in [2.45, 2.75) is 20.3 Å². The molecule has 0 aliphatic rings. The van der Waals surface area contributed by atoms with E-state index in [4.69, 9.17) is 4.74 Å². The quantitative estimate of drug-likeness (QED) is 0.810. The third-order valence-corrected chi connectivity index (χ3v) is 2.72. The van der Waals surface area contributed by atoms with Gasteiger partial charge in [-0.25, -0.2) is 9.97 Å². The van der Waals surface area contributed by atoms with Gasteiger partial charge in [0.1, 0.15) is 11.6 Å². The molecule has 3 heteroatoms. The fourth-order valence-corrected chi connectivity index (χ4v) is 1.78. The molecule has 17 heavy (non-hydrogen) atoms. The van der Waals surface area contributed by atoms with E-state index < -0.39 is 0 Å². The first-order chi connectivity index (χ1) is 8.24. The first kappa shape index (κ1) is 11.6. The number of hydrogen-bond acceptors (Lipinski definition) is 3. The van der Waals surface area contributed by atoms with E-state index in [-0.39, 0.29) is 0 Å². The Morgan fingerprint density at radius 2 is 2.06 bits per heavy atom. The molecule has 1 aromatic heterocycles. The largest absolute Gasteiger partial charge is 0.496 e. The second-order valence-electron chi connectivity index (χ2n) is 3.88. The molecule has 0 saturated heterocycles. The predicted molar refractivity (Wildman–Crippen MR) is 68.1 cm³/mol. The van der Waals surface area contributed by atoms with Gasteiger partial charge in [-0.15, -0.1) is 0 Å². The minimum absolute atomic E-state index is 0.770. The van der Waals surface area contributed by atoms with Gasteiger partial charge in [0, 0.05) is 11.8 Å². The summed E-state index contributed by atoms with van der Waals surface area (Å²) < 4.78 is 5.38. The molecular formula is C14H16N2O. The lowest BCUT2D eigenvalue weighted by Crippen LogP contribution is -1.94. The summed E-state index contributed by atoms with van der Waals surface area (Å²) in [6.07, 6.45) is 2.77. The Hall–Kier alpha value is -1.90. The van der Waals surface area contributed by atoms with Crippen molar-refractivity contribution in [3.63, 3.8) is 0 Å². The van der Waals surface area contributed by atoms with Gasteiger partial charge in [0.05, 0.1) is 12.8 Å². The van der Waals surface area contributed by atoms with E-state index in [1.807, 2.05) is 19.1 Å². The Bertz CT molecular complexity index is 523. The van der Waals surface area contributed by atoms with Gasteiger partial charge in [-0.2, -0.15) is 0 Å². The first-order valence-corrected chi connectivity index (χ1v) is 5.71. The third kappa shape index (κ3) is 2.44. The summed E-state index contributed by atoms with van der Waals surface area (Å²) in [6.45, 7) is 4.02. The number of ether oxygens (including phenoxy) is 1. The molecule has 0 aliphatic heterocycles. The number of benzene rings is 1. The maximum absolute atomic E-state index is 5.38. The van der Waals surface area contributed by atoms with E-state index in [0.717, 1.165) is 29.3 Å². The van der Waals surface area contributed by atoms with Crippen molar-refractivity contribution in [1.29, 1.82) is 0 Å². The van der Waals surface area contributed by atoms with E-state index in [1.165, 1.54) is 5.56 Å². The number of aromatic nitrogens is 2. The van der Waals surface area contributed by atoms with Gasteiger partial charge in [0.15, 0.2) is 0 Å². The summed E-state index contributed by atoms with van der Waals surface area (Å²) in [5.41, 5.74) is 3.21. The zero-order valence-electron chi connectivity index (χ0n) is 10.4. The van der Waals surface area contributed by atoms with Crippen LogP contribution in [-0.2, 0) is 6.42 Å². The Morgan fingerprint density at radius 1 is 1.24 bits per heavy atom. The van der Waals surface area contributed by atoms with Crippen LogP contribution in [0.4, 0.5) is 0 Å². The standard InChI is InChI=1S/C14H16N2O/c1-4-11-5-6-14(17-3)12(9-11)13-7-8-15-10(2)16-13/h5-9H,4H2,1-3H3. The minimum Gasteiger partial charge on any atom is -0.496 e. The lowest BCUT2D eigenvalue weighted by atomic mass is 10.0. The maximum Gasteiger partial charge on any atom is 0.128 e. The molecule has 0 bridgehead atoms. The molecule has 2 aromatic rings. The van der Waals surface area contributed by atoms with Crippen LogP contribution in [0.2, 0.25) is 0 Å². The summed E-state index contributed by atoms with van der Waals surface area (Å²) in [6, 6.07) is 8.10. The molecule has 0 amide bonds. The van der Waals surface area contributed by atoms with Crippen LogP contribution in [0.3, 0.4) is 0 Å². The number of aryl methyl sites for hydroxylation is 2. The highest BCUT2D eigenvalue weighted by molar-refractivity contribution is 5.67. The van der Waals surface area contributed by atoms with Crippen molar-refractivity contribution in [3.8, 4) is 17.0 Å². The molecule has 2 rings (SSSR count). The van der Waals surface area contributed by atoms with Crippen LogP contribution < -0.4 is 4.74 Å². The Kier molecular flexibility index (Phi) is 3.38. The second-order valence-corrected chi connectivity index (χ2v) is 3.88. The van der Waals surface area contributed by atoms with Crippen LogP contribution in [0.5, 0.6) is 5.75 Å². The molecule has 0 fully saturated rings.